The van der Waals surface area contributed by atoms with Crippen molar-refractivity contribution in [1.29, 1.82) is 0 Å². The van der Waals surface area contributed by atoms with Crippen LogP contribution in [0.25, 0.3) is 11.0 Å². The molecule has 0 unspecified atom stereocenters. The Morgan fingerprint density at radius 1 is 1.31 bits per heavy atom. The number of fused-ring (bicyclic) bond motifs is 1. The van der Waals surface area contributed by atoms with Gasteiger partial charge in [0.05, 0.1) is 49.8 Å². The number of aromatic nitrogens is 1. The molecule has 0 aliphatic carbocycles. The lowest BCUT2D eigenvalue weighted by Gasteiger charge is -2.37. The molecule has 5 rings (SSSR count). The summed E-state index contributed by atoms with van der Waals surface area (Å²) in [5.41, 5.74) is 0.331. The number of ether oxygens (including phenoxy) is 4. The summed E-state index contributed by atoms with van der Waals surface area (Å²) < 4.78 is 71.4. The van der Waals surface area contributed by atoms with Crippen LogP contribution in [0.5, 0.6) is 0 Å². The van der Waals surface area contributed by atoms with Crippen molar-refractivity contribution < 1.29 is 45.3 Å². The number of halogens is 1. The number of hydrogen-bond donors (Lipinski definition) is 0. The fraction of sp³-hybridized carbons (Fsp3) is 0.545. The second kappa shape index (κ2) is 9.49. The fourth-order valence-corrected chi connectivity index (χ4v) is 4.92. The number of anilines is 2. The Labute approximate surface area is 206 Å². The molecule has 194 valence electrons. The van der Waals surface area contributed by atoms with Gasteiger partial charge in [0.2, 0.25) is 5.58 Å². The van der Waals surface area contributed by atoms with Gasteiger partial charge in [0.1, 0.15) is 18.8 Å². The van der Waals surface area contributed by atoms with Gasteiger partial charge in [-0.05, 0) is 13.0 Å². The summed E-state index contributed by atoms with van der Waals surface area (Å²) in [7, 11) is -3.78. The summed E-state index contributed by atoms with van der Waals surface area (Å²) in [5.74, 6) is 1.78. The molecule has 0 bridgehead atoms. The topological polar surface area (TPSA) is 130 Å². The minimum Gasteiger partial charge on any atom is -0.447 e. The average molecular weight is 526 g/mol. The Morgan fingerprint density at radius 3 is 2.75 bits per heavy atom. The van der Waals surface area contributed by atoms with Gasteiger partial charge in [-0.3, -0.25) is 4.18 Å². The smallest absolute Gasteiger partial charge is 0.416 e. The molecule has 3 atom stereocenters. The van der Waals surface area contributed by atoms with E-state index in [1.165, 1.54) is 0 Å². The van der Waals surface area contributed by atoms with E-state index < -0.39 is 40.5 Å². The molecular weight excluding hydrogens is 501 g/mol. The number of amides is 1. The molecule has 14 heteroatoms. The third-order valence-electron chi connectivity index (χ3n) is 5.99. The molecular formula is C22H24FN3O9S. The Kier molecular flexibility index (Phi) is 6.52. The molecule has 4 heterocycles. The van der Waals surface area contributed by atoms with Gasteiger partial charge in [-0.25, -0.2) is 14.1 Å². The fourth-order valence-electron chi connectivity index (χ4n) is 4.52. The number of hydrogen-bond acceptors (Lipinski definition) is 11. The number of cyclic esters (lactones) is 1. The second-order valence-electron chi connectivity index (χ2n) is 8.68. The molecule has 12 nitrogen and oxygen atoms in total. The lowest BCUT2D eigenvalue weighted by atomic mass is 10.0. The molecule has 0 N–H and O–H groups in total. The minimum atomic E-state index is -3.78. The van der Waals surface area contributed by atoms with Crippen molar-refractivity contribution in [2.24, 2.45) is 0 Å². The molecule has 3 saturated heterocycles. The Hall–Kier alpha value is -2.96. The van der Waals surface area contributed by atoms with Gasteiger partial charge in [-0.15, -0.1) is 6.42 Å². The molecule has 0 radical (unpaired) electrons. The van der Waals surface area contributed by atoms with Crippen molar-refractivity contribution in [2.45, 2.75) is 31.5 Å². The van der Waals surface area contributed by atoms with Crippen LogP contribution < -0.4 is 9.80 Å². The lowest BCUT2D eigenvalue weighted by Crippen LogP contribution is -2.47. The molecule has 3 fully saturated rings. The van der Waals surface area contributed by atoms with Crippen LogP contribution in [0.15, 0.2) is 10.6 Å². The number of carbonyl (C=O) groups excluding carboxylic acids is 1. The van der Waals surface area contributed by atoms with Crippen LogP contribution in [0.1, 0.15) is 18.8 Å². The minimum absolute atomic E-state index is 0.0452. The summed E-state index contributed by atoms with van der Waals surface area (Å²) in [6.45, 7) is 2.52. The maximum absolute atomic E-state index is 16.1. The van der Waals surface area contributed by atoms with E-state index in [0.29, 0.717) is 25.3 Å². The highest BCUT2D eigenvalue weighted by Crippen LogP contribution is 2.42. The third kappa shape index (κ3) is 4.60. The second-order valence-corrected chi connectivity index (χ2v) is 10.3. The first-order valence-electron chi connectivity index (χ1n) is 11.2. The van der Waals surface area contributed by atoms with E-state index in [0.717, 1.165) is 11.2 Å². The predicted octanol–water partition coefficient (Wildman–Crippen LogP) is 1.54. The zero-order chi connectivity index (χ0) is 25.6. The molecule has 1 aromatic heterocycles. The van der Waals surface area contributed by atoms with Gasteiger partial charge in [0, 0.05) is 12.1 Å². The standard InChI is InChI=1S/C22H24FN3O9S/c1-4-14-9-25(8-12(2)34-14)18-15(21-30-5-6-31-21)7-16-19(17(18)23)35-24-20(16)26-13(10-32-22(26)27)11-33-36(3,28)29/h1,7,12-14,21H,5-6,8-11H2,2-3H3/t12-,13-,14-/m1/s1. The van der Waals surface area contributed by atoms with Gasteiger partial charge in [0.15, 0.2) is 17.9 Å². The zero-order valence-corrected chi connectivity index (χ0v) is 20.3. The summed E-state index contributed by atoms with van der Waals surface area (Å²) in [6.07, 6.45) is 3.97. The van der Waals surface area contributed by atoms with E-state index in [-0.39, 0.29) is 48.3 Å². The predicted molar refractivity (Wildman–Crippen MR) is 122 cm³/mol. The number of nitrogens with zero attached hydrogens (tertiary/aromatic N) is 3. The van der Waals surface area contributed by atoms with E-state index in [4.69, 9.17) is 34.1 Å². The van der Waals surface area contributed by atoms with Crippen molar-refractivity contribution in [3.8, 4) is 12.3 Å². The lowest BCUT2D eigenvalue weighted by molar-refractivity contribution is -0.0442. The third-order valence-corrected chi connectivity index (χ3v) is 6.56. The first kappa shape index (κ1) is 24.7. The molecule has 3 aliphatic heterocycles. The number of benzene rings is 1. The highest BCUT2D eigenvalue weighted by Gasteiger charge is 2.40. The Balaban J connectivity index is 1.60. The van der Waals surface area contributed by atoms with E-state index in [1.54, 1.807) is 11.0 Å². The van der Waals surface area contributed by atoms with Crippen molar-refractivity contribution in [1.82, 2.24) is 5.16 Å². The zero-order valence-electron chi connectivity index (χ0n) is 19.5. The Morgan fingerprint density at radius 2 is 2.06 bits per heavy atom. The van der Waals surface area contributed by atoms with Crippen LogP contribution in [0.2, 0.25) is 0 Å². The quantitative estimate of drug-likeness (QED) is 0.402. The highest BCUT2D eigenvalue weighted by molar-refractivity contribution is 7.85. The maximum Gasteiger partial charge on any atom is 0.416 e. The molecule has 0 spiro atoms. The number of rotatable bonds is 6. The van der Waals surface area contributed by atoms with Crippen LogP contribution in [0, 0.1) is 18.2 Å². The van der Waals surface area contributed by atoms with Gasteiger partial charge >= 0.3 is 6.09 Å². The summed E-state index contributed by atoms with van der Waals surface area (Å²) in [5, 5.41) is 4.09. The summed E-state index contributed by atoms with van der Waals surface area (Å²) >= 11 is 0. The monoisotopic (exact) mass is 525 g/mol. The van der Waals surface area contributed by atoms with Crippen molar-refractivity contribution >= 4 is 38.7 Å². The van der Waals surface area contributed by atoms with E-state index in [2.05, 4.69) is 11.1 Å². The van der Waals surface area contributed by atoms with Crippen molar-refractivity contribution in [3.05, 3.63) is 17.4 Å². The first-order valence-corrected chi connectivity index (χ1v) is 13.0. The summed E-state index contributed by atoms with van der Waals surface area (Å²) in [6, 6.07) is 0.753. The number of morpholine rings is 1. The molecule has 1 amide bonds. The van der Waals surface area contributed by atoms with Crippen LogP contribution in [0.4, 0.5) is 20.7 Å². The van der Waals surface area contributed by atoms with Crippen molar-refractivity contribution in [3.63, 3.8) is 0 Å². The van der Waals surface area contributed by atoms with Gasteiger partial charge < -0.3 is 28.4 Å². The Bertz CT molecular complexity index is 1320. The number of terminal acetylenes is 1. The van der Waals surface area contributed by atoms with Crippen LogP contribution >= 0.6 is 0 Å². The van der Waals surface area contributed by atoms with E-state index in [9.17, 15) is 13.2 Å². The van der Waals surface area contributed by atoms with E-state index >= 15 is 4.39 Å². The molecule has 0 saturated carbocycles. The van der Waals surface area contributed by atoms with Crippen molar-refractivity contribution in [2.75, 3.05) is 55.6 Å². The van der Waals surface area contributed by atoms with Gasteiger partial charge in [-0.2, -0.15) is 8.42 Å². The van der Waals surface area contributed by atoms with Crippen LogP contribution in [-0.2, 0) is 33.2 Å². The SMILES string of the molecule is C#C[C@@H]1CN(c2c(C3OCCO3)cc3c(N4C(=O)OC[C@@H]4COS(C)(=O)=O)noc3c2F)C[C@@H](C)O1. The summed E-state index contributed by atoms with van der Waals surface area (Å²) in [4.78, 5) is 15.4. The highest BCUT2D eigenvalue weighted by atomic mass is 32.2. The largest absolute Gasteiger partial charge is 0.447 e. The van der Waals surface area contributed by atoms with Gasteiger partial charge in [-0.1, -0.05) is 11.1 Å². The van der Waals surface area contributed by atoms with Crippen LogP contribution in [0.3, 0.4) is 0 Å². The average Bonchev–Trinajstić information content (AvgIpc) is 3.56. The molecule has 36 heavy (non-hydrogen) atoms. The molecule has 3 aliphatic rings. The maximum atomic E-state index is 16.1. The molecule has 2 aromatic rings. The first-order chi connectivity index (χ1) is 17.2. The van der Waals surface area contributed by atoms with Gasteiger partial charge in [0.25, 0.3) is 10.1 Å². The van der Waals surface area contributed by atoms with E-state index in [1.807, 2.05) is 6.92 Å². The molecule has 1 aromatic carbocycles. The number of carbonyl (C=O) groups is 1. The normalized spacial score (nSPS) is 25.5. The van der Waals surface area contributed by atoms with Crippen LogP contribution in [-0.4, -0.2) is 83.7 Å².